The Hall–Kier alpha value is -2.80. The molecule has 0 radical (unpaired) electrons. The highest BCUT2D eigenvalue weighted by Gasteiger charge is 2.35. The molecule has 2 atom stereocenters. The highest BCUT2D eigenvalue weighted by molar-refractivity contribution is 5.97. The second kappa shape index (κ2) is 6.74. The standard InChI is InChI=1S/C20H22N4O3/c1-11-6-16(27-23-11)7-15-9-24(10-19(15)25)20(26)14-4-5-17-18(8-14)22-13(3)12(2)21-17/h4-6,8,15,19,25H,7,9-10H2,1-3H3/t15-,19+/m1/s1. The maximum atomic E-state index is 12.9. The van der Waals surface area contributed by atoms with Crippen LogP contribution < -0.4 is 0 Å². The lowest BCUT2D eigenvalue weighted by Gasteiger charge is -2.16. The number of nitrogens with zero attached hydrogens (tertiary/aromatic N) is 4. The van der Waals surface area contributed by atoms with Crippen molar-refractivity contribution in [3.8, 4) is 0 Å². The van der Waals surface area contributed by atoms with E-state index < -0.39 is 6.10 Å². The van der Waals surface area contributed by atoms with Gasteiger partial charge in [0, 0.05) is 37.1 Å². The molecule has 0 aliphatic carbocycles. The van der Waals surface area contributed by atoms with Crippen molar-refractivity contribution < 1.29 is 14.4 Å². The summed E-state index contributed by atoms with van der Waals surface area (Å²) in [5, 5.41) is 14.3. The fourth-order valence-electron chi connectivity index (χ4n) is 3.54. The van der Waals surface area contributed by atoms with Crippen molar-refractivity contribution in [1.29, 1.82) is 0 Å². The van der Waals surface area contributed by atoms with E-state index in [9.17, 15) is 9.90 Å². The molecule has 2 aromatic heterocycles. The number of aliphatic hydroxyl groups excluding tert-OH is 1. The Kier molecular flexibility index (Phi) is 4.39. The molecule has 7 heteroatoms. The summed E-state index contributed by atoms with van der Waals surface area (Å²) in [5.74, 6) is 0.566. The molecule has 27 heavy (non-hydrogen) atoms. The van der Waals surface area contributed by atoms with Gasteiger partial charge in [-0.2, -0.15) is 0 Å². The summed E-state index contributed by atoms with van der Waals surface area (Å²) in [6.45, 7) is 6.48. The van der Waals surface area contributed by atoms with Gasteiger partial charge in [0.2, 0.25) is 0 Å². The number of fused-ring (bicyclic) bond motifs is 1. The Labute approximate surface area is 157 Å². The van der Waals surface area contributed by atoms with Crippen LogP contribution in [0.3, 0.4) is 0 Å². The third kappa shape index (κ3) is 3.42. The molecule has 1 N–H and O–H groups in total. The molecule has 0 spiro atoms. The number of aromatic nitrogens is 3. The van der Waals surface area contributed by atoms with E-state index in [4.69, 9.17) is 4.52 Å². The van der Waals surface area contributed by atoms with Crippen molar-refractivity contribution in [3.63, 3.8) is 0 Å². The van der Waals surface area contributed by atoms with E-state index >= 15 is 0 Å². The summed E-state index contributed by atoms with van der Waals surface area (Å²) < 4.78 is 5.24. The van der Waals surface area contributed by atoms with Crippen LogP contribution in [0.5, 0.6) is 0 Å². The molecule has 0 unspecified atom stereocenters. The van der Waals surface area contributed by atoms with Crippen LogP contribution in [0.25, 0.3) is 11.0 Å². The van der Waals surface area contributed by atoms with Crippen LogP contribution in [-0.2, 0) is 6.42 Å². The number of aryl methyl sites for hydroxylation is 3. The third-order valence-corrected chi connectivity index (χ3v) is 5.16. The van der Waals surface area contributed by atoms with Crippen molar-refractivity contribution in [2.75, 3.05) is 13.1 Å². The van der Waals surface area contributed by atoms with Gasteiger partial charge in [0.15, 0.2) is 0 Å². The zero-order chi connectivity index (χ0) is 19.1. The fourth-order valence-corrected chi connectivity index (χ4v) is 3.54. The minimum Gasteiger partial charge on any atom is -0.391 e. The van der Waals surface area contributed by atoms with Crippen LogP contribution in [-0.4, -0.2) is 50.2 Å². The van der Waals surface area contributed by atoms with Crippen molar-refractivity contribution >= 4 is 16.9 Å². The largest absolute Gasteiger partial charge is 0.391 e. The van der Waals surface area contributed by atoms with E-state index in [1.54, 1.807) is 17.0 Å². The van der Waals surface area contributed by atoms with Crippen molar-refractivity contribution in [1.82, 2.24) is 20.0 Å². The molecule has 3 heterocycles. The van der Waals surface area contributed by atoms with E-state index in [1.807, 2.05) is 32.9 Å². The number of aliphatic hydroxyl groups is 1. The highest BCUT2D eigenvalue weighted by atomic mass is 16.5. The van der Waals surface area contributed by atoms with Crippen LogP contribution in [0.4, 0.5) is 0 Å². The summed E-state index contributed by atoms with van der Waals surface area (Å²) in [6, 6.07) is 7.23. The molecule has 1 saturated heterocycles. The average Bonchev–Trinajstić information content (AvgIpc) is 3.21. The van der Waals surface area contributed by atoms with Crippen LogP contribution in [0.2, 0.25) is 0 Å². The Morgan fingerprint density at radius 2 is 1.89 bits per heavy atom. The molecule has 0 saturated carbocycles. The molecule has 1 aliphatic rings. The normalized spacial score (nSPS) is 19.8. The highest BCUT2D eigenvalue weighted by Crippen LogP contribution is 2.24. The van der Waals surface area contributed by atoms with Gasteiger partial charge >= 0.3 is 0 Å². The average molecular weight is 366 g/mol. The first-order valence-electron chi connectivity index (χ1n) is 9.05. The first kappa shape index (κ1) is 17.6. The van der Waals surface area contributed by atoms with Gasteiger partial charge in [0.1, 0.15) is 5.76 Å². The Morgan fingerprint density at radius 3 is 2.59 bits per heavy atom. The van der Waals surface area contributed by atoms with Gasteiger partial charge in [-0.1, -0.05) is 5.16 Å². The number of hydrogen-bond acceptors (Lipinski definition) is 6. The Balaban J connectivity index is 1.52. The number of hydrogen-bond donors (Lipinski definition) is 1. The van der Waals surface area contributed by atoms with Crippen LogP contribution in [0.15, 0.2) is 28.8 Å². The van der Waals surface area contributed by atoms with Crippen molar-refractivity contribution in [2.45, 2.75) is 33.3 Å². The van der Waals surface area contributed by atoms with E-state index in [-0.39, 0.29) is 11.8 Å². The molecule has 1 fully saturated rings. The maximum absolute atomic E-state index is 12.9. The van der Waals surface area contributed by atoms with Gasteiger partial charge in [-0.05, 0) is 39.0 Å². The van der Waals surface area contributed by atoms with E-state index in [0.29, 0.717) is 30.6 Å². The monoisotopic (exact) mass is 366 g/mol. The fraction of sp³-hybridized carbons (Fsp3) is 0.400. The quantitative estimate of drug-likeness (QED) is 0.764. The summed E-state index contributed by atoms with van der Waals surface area (Å²) in [5.41, 5.74) is 4.59. The molecule has 7 nitrogen and oxygen atoms in total. The summed E-state index contributed by atoms with van der Waals surface area (Å²) in [6.07, 6.45) is -0.0162. The lowest BCUT2D eigenvalue weighted by atomic mass is 10.0. The maximum Gasteiger partial charge on any atom is 0.254 e. The van der Waals surface area contributed by atoms with E-state index in [1.165, 1.54) is 0 Å². The molecule has 4 rings (SSSR count). The molecule has 140 valence electrons. The first-order chi connectivity index (χ1) is 12.9. The number of carbonyl (C=O) groups is 1. The topological polar surface area (TPSA) is 92.4 Å². The molecule has 1 aromatic carbocycles. The van der Waals surface area contributed by atoms with E-state index in [0.717, 1.165) is 28.4 Å². The number of rotatable bonds is 3. The Morgan fingerprint density at radius 1 is 1.15 bits per heavy atom. The van der Waals surface area contributed by atoms with Crippen LogP contribution >= 0.6 is 0 Å². The van der Waals surface area contributed by atoms with Gasteiger partial charge in [-0.25, -0.2) is 9.97 Å². The van der Waals surface area contributed by atoms with Gasteiger partial charge < -0.3 is 14.5 Å². The predicted molar refractivity (Wildman–Crippen MR) is 99.4 cm³/mol. The number of β-amino-alcohol motifs (C(OH)–C–C–N with tert-alkyl or cyclic N) is 1. The predicted octanol–water partition coefficient (Wildman–Crippen LogP) is 2.22. The second-order valence-electron chi connectivity index (χ2n) is 7.27. The minimum atomic E-state index is -0.579. The number of carbonyl (C=O) groups excluding carboxylic acids is 1. The summed E-state index contributed by atoms with van der Waals surface area (Å²) in [7, 11) is 0. The zero-order valence-corrected chi connectivity index (χ0v) is 15.6. The van der Waals surface area contributed by atoms with Gasteiger partial charge in [0.25, 0.3) is 5.91 Å². The Bertz CT molecular complexity index is 1010. The van der Waals surface area contributed by atoms with Crippen molar-refractivity contribution in [3.05, 3.63) is 52.7 Å². The molecule has 0 bridgehead atoms. The number of benzene rings is 1. The SMILES string of the molecule is Cc1cc(C[C@@H]2CN(C(=O)c3ccc4nc(C)c(C)nc4c3)C[C@@H]2O)on1. The van der Waals surface area contributed by atoms with Crippen molar-refractivity contribution in [2.24, 2.45) is 5.92 Å². The number of likely N-dealkylation sites (tertiary alicyclic amines) is 1. The minimum absolute atomic E-state index is 0.0635. The molecule has 1 aliphatic heterocycles. The van der Waals surface area contributed by atoms with Gasteiger partial charge in [0.05, 0.1) is 34.2 Å². The second-order valence-corrected chi connectivity index (χ2v) is 7.27. The smallest absolute Gasteiger partial charge is 0.254 e. The van der Waals surface area contributed by atoms with Gasteiger partial charge in [-0.15, -0.1) is 0 Å². The number of amides is 1. The summed E-state index contributed by atoms with van der Waals surface area (Å²) >= 11 is 0. The zero-order valence-electron chi connectivity index (χ0n) is 15.6. The molecule has 1 amide bonds. The molecule has 3 aromatic rings. The van der Waals surface area contributed by atoms with Crippen LogP contribution in [0.1, 0.15) is 33.2 Å². The lowest BCUT2D eigenvalue weighted by molar-refractivity contribution is 0.0764. The van der Waals surface area contributed by atoms with Gasteiger partial charge in [-0.3, -0.25) is 4.79 Å². The van der Waals surface area contributed by atoms with Crippen LogP contribution in [0, 0.1) is 26.7 Å². The molecular weight excluding hydrogens is 344 g/mol. The third-order valence-electron chi connectivity index (χ3n) is 5.16. The lowest BCUT2D eigenvalue weighted by Crippen LogP contribution is -2.29. The van der Waals surface area contributed by atoms with E-state index in [2.05, 4.69) is 15.1 Å². The molecular formula is C20H22N4O3. The summed E-state index contributed by atoms with van der Waals surface area (Å²) in [4.78, 5) is 23.6. The first-order valence-corrected chi connectivity index (χ1v) is 9.05.